The van der Waals surface area contributed by atoms with Gasteiger partial charge in [0, 0.05) is 6.20 Å². The Hall–Kier alpha value is -2.14. The predicted molar refractivity (Wildman–Crippen MR) is 64.0 cm³/mol. The lowest BCUT2D eigenvalue weighted by atomic mass is 10.3. The van der Waals surface area contributed by atoms with E-state index in [9.17, 15) is 0 Å². The Balaban J connectivity index is 2.17. The molecule has 0 bridgehead atoms. The van der Waals surface area contributed by atoms with Crippen molar-refractivity contribution in [3.63, 3.8) is 0 Å². The minimum atomic E-state index is 0.537. The minimum absolute atomic E-state index is 0.537. The van der Waals surface area contributed by atoms with Gasteiger partial charge in [-0.3, -0.25) is 0 Å². The van der Waals surface area contributed by atoms with Crippen molar-refractivity contribution in [1.29, 1.82) is 0 Å². The summed E-state index contributed by atoms with van der Waals surface area (Å²) in [5.41, 5.74) is 1.73. The van der Waals surface area contributed by atoms with E-state index in [4.69, 9.17) is 11.6 Å². The Morgan fingerprint density at radius 2 is 2.00 bits per heavy atom. The first kappa shape index (κ1) is 10.0. The maximum atomic E-state index is 6.16. The third kappa shape index (κ3) is 1.70. The molecule has 17 heavy (non-hydrogen) atoms. The average Bonchev–Trinajstić information content (AvgIpc) is 3.00. The largest absolute Gasteiger partial charge is 0.312 e. The van der Waals surface area contributed by atoms with E-state index in [1.54, 1.807) is 0 Å². The zero-order valence-electron chi connectivity index (χ0n) is 8.71. The number of halogens is 1. The lowest BCUT2D eigenvalue weighted by Crippen LogP contribution is -1.96. The van der Waals surface area contributed by atoms with Crippen molar-refractivity contribution in [2.45, 2.75) is 0 Å². The summed E-state index contributed by atoms with van der Waals surface area (Å²) >= 11 is 6.16. The molecule has 0 saturated heterocycles. The molecule has 0 aliphatic heterocycles. The molecule has 0 spiro atoms. The van der Waals surface area contributed by atoms with Gasteiger partial charge in [0.05, 0.1) is 16.4 Å². The fourth-order valence-electron chi connectivity index (χ4n) is 1.69. The van der Waals surface area contributed by atoms with Crippen molar-refractivity contribution in [2.24, 2.45) is 0 Å². The van der Waals surface area contributed by atoms with Crippen LogP contribution in [-0.4, -0.2) is 25.2 Å². The standard InChI is InChI=1S/C11H8ClN5/c12-8-4-1-2-5-9(8)17-7-3-6-10(17)11-13-15-16-14-11/h1-7H,(H,13,14,15,16). The zero-order valence-corrected chi connectivity index (χ0v) is 9.46. The summed E-state index contributed by atoms with van der Waals surface area (Å²) in [5, 5.41) is 14.6. The lowest BCUT2D eigenvalue weighted by Gasteiger charge is -2.08. The number of hydrogen-bond acceptors (Lipinski definition) is 3. The molecule has 84 valence electrons. The first-order chi connectivity index (χ1) is 8.36. The van der Waals surface area contributed by atoms with Crippen molar-refractivity contribution in [3.8, 4) is 17.2 Å². The molecular formula is C11H8ClN5. The van der Waals surface area contributed by atoms with E-state index < -0.39 is 0 Å². The molecule has 0 amide bonds. The van der Waals surface area contributed by atoms with Gasteiger partial charge in [0.1, 0.15) is 0 Å². The number of tetrazole rings is 1. The van der Waals surface area contributed by atoms with Crippen LogP contribution in [0.3, 0.4) is 0 Å². The van der Waals surface area contributed by atoms with Crippen LogP contribution < -0.4 is 0 Å². The highest BCUT2D eigenvalue weighted by Crippen LogP contribution is 2.25. The molecule has 1 aromatic carbocycles. The highest BCUT2D eigenvalue weighted by atomic mass is 35.5. The van der Waals surface area contributed by atoms with E-state index in [0.29, 0.717) is 10.8 Å². The Morgan fingerprint density at radius 1 is 1.12 bits per heavy atom. The molecular weight excluding hydrogens is 238 g/mol. The number of H-pyrrole nitrogens is 1. The first-order valence-electron chi connectivity index (χ1n) is 5.02. The maximum absolute atomic E-state index is 6.16. The molecule has 6 heteroatoms. The van der Waals surface area contributed by atoms with Gasteiger partial charge in [0.15, 0.2) is 0 Å². The molecule has 5 nitrogen and oxygen atoms in total. The maximum Gasteiger partial charge on any atom is 0.221 e. The highest BCUT2D eigenvalue weighted by Gasteiger charge is 2.11. The molecule has 0 fully saturated rings. The second-order valence-electron chi connectivity index (χ2n) is 3.45. The number of aromatic nitrogens is 5. The Bertz CT molecular complexity index is 629. The van der Waals surface area contributed by atoms with Crippen LogP contribution in [0.4, 0.5) is 0 Å². The molecule has 3 aromatic rings. The fraction of sp³-hybridized carbons (Fsp3) is 0. The molecule has 1 N–H and O–H groups in total. The van der Waals surface area contributed by atoms with E-state index >= 15 is 0 Å². The van der Waals surface area contributed by atoms with Crippen molar-refractivity contribution < 1.29 is 0 Å². The van der Waals surface area contributed by atoms with Crippen molar-refractivity contribution in [3.05, 3.63) is 47.6 Å². The number of aromatic amines is 1. The van der Waals surface area contributed by atoms with Gasteiger partial charge in [-0.25, -0.2) is 0 Å². The van der Waals surface area contributed by atoms with Gasteiger partial charge in [0.25, 0.3) is 0 Å². The van der Waals surface area contributed by atoms with Gasteiger partial charge in [-0.05, 0) is 29.5 Å². The molecule has 0 aliphatic carbocycles. The van der Waals surface area contributed by atoms with Crippen LogP contribution in [0.2, 0.25) is 5.02 Å². The third-order valence-corrected chi connectivity index (χ3v) is 2.75. The lowest BCUT2D eigenvalue weighted by molar-refractivity contribution is 0.881. The van der Waals surface area contributed by atoms with Crippen LogP contribution >= 0.6 is 11.6 Å². The smallest absolute Gasteiger partial charge is 0.221 e. The number of hydrogen-bond donors (Lipinski definition) is 1. The van der Waals surface area contributed by atoms with Crippen LogP contribution in [-0.2, 0) is 0 Å². The van der Waals surface area contributed by atoms with Crippen molar-refractivity contribution >= 4 is 11.6 Å². The van der Waals surface area contributed by atoms with Gasteiger partial charge < -0.3 is 4.57 Å². The SMILES string of the molecule is Clc1ccccc1-n1cccc1-c1nn[nH]n1. The molecule has 0 atom stereocenters. The highest BCUT2D eigenvalue weighted by molar-refractivity contribution is 6.32. The van der Waals surface area contributed by atoms with Gasteiger partial charge in [-0.1, -0.05) is 23.7 Å². The average molecular weight is 246 g/mol. The summed E-state index contributed by atoms with van der Waals surface area (Å²) in [7, 11) is 0. The van der Waals surface area contributed by atoms with Crippen LogP contribution in [0, 0.1) is 0 Å². The van der Waals surface area contributed by atoms with Gasteiger partial charge >= 0.3 is 0 Å². The Morgan fingerprint density at radius 3 is 2.76 bits per heavy atom. The topological polar surface area (TPSA) is 59.4 Å². The molecule has 0 unspecified atom stereocenters. The van der Waals surface area contributed by atoms with Gasteiger partial charge in [0.2, 0.25) is 5.82 Å². The third-order valence-electron chi connectivity index (χ3n) is 2.44. The van der Waals surface area contributed by atoms with E-state index in [-0.39, 0.29) is 0 Å². The molecule has 2 heterocycles. The summed E-state index contributed by atoms with van der Waals surface area (Å²) < 4.78 is 1.92. The van der Waals surface area contributed by atoms with Crippen molar-refractivity contribution in [2.75, 3.05) is 0 Å². The summed E-state index contributed by atoms with van der Waals surface area (Å²) in [6, 6.07) is 11.4. The fourth-order valence-corrected chi connectivity index (χ4v) is 1.92. The number of nitrogens with one attached hydrogen (secondary N) is 1. The summed E-state index contributed by atoms with van der Waals surface area (Å²) in [6.45, 7) is 0. The predicted octanol–water partition coefficient (Wildman–Crippen LogP) is 2.31. The van der Waals surface area contributed by atoms with Gasteiger partial charge in [-0.2, -0.15) is 5.21 Å². The molecule has 0 radical (unpaired) electrons. The molecule has 0 saturated carbocycles. The number of rotatable bonds is 2. The quantitative estimate of drug-likeness (QED) is 0.754. The normalized spacial score (nSPS) is 10.6. The number of para-hydroxylation sites is 1. The van der Waals surface area contributed by atoms with Gasteiger partial charge in [-0.15, -0.1) is 10.2 Å². The van der Waals surface area contributed by atoms with E-state index in [2.05, 4.69) is 20.6 Å². The molecule has 0 aliphatic rings. The Kier molecular flexibility index (Phi) is 2.38. The van der Waals surface area contributed by atoms with Crippen LogP contribution in [0.5, 0.6) is 0 Å². The zero-order chi connectivity index (χ0) is 11.7. The summed E-state index contributed by atoms with van der Waals surface area (Å²) in [6.07, 6.45) is 1.91. The monoisotopic (exact) mass is 245 g/mol. The van der Waals surface area contributed by atoms with Crippen LogP contribution in [0.1, 0.15) is 0 Å². The Labute approximate surface area is 102 Å². The van der Waals surface area contributed by atoms with Crippen LogP contribution in [0.15, 0.2) is 42.6 Å². The summed E-state index contributed by atoms with van der Waals surface area (Å²) in [4.78, 5) is 0. The molecule has 3 rings (SSSR count). The molecule has 2 aromatic heterocycles. The summed E-state index contributed by atoms with van der Waals surface area (Å²) in [5.74, 6) is 0.537. The number of benzene rings is 1. The number of nitrogens with zero attached hydrogens (tertiary/aromatic N) is 4. The van der Waals surface area contributed by atoms with Crippen molar-refractivity contribution in [1.82, 2.24) is 25.2 Å². The van der Waals surface area contributed by atoms with Crippen LogP contribution in [0.25, 0.3) is 17.2 Å². The minimum Gasteiger partial charge on any atom is -0.312 e. The van der Waals surface area contributed by atoms with E-state index in [0.717, 1.165) is 11.4 Å². The van der Waals surface area contributed by atoms with E-state index in [1.807, 2.05) is 47.2 Å². The second-order valence-corrected chi connectivity index (χ2v) is 3.86. The first-order valence-corrected chi connectivity index (χ1v) is 5.40. The second kappa shape index (κ2) is 4.03. The van der Waals surface area contributed by atoms with E-state index in [1.165, 1.54) is 0 Å².